The smallest absolute Gasteiger partial charge is 0.379 e. The first-order chi connectivity index (χ1) is 8.01. The molecule has 0 amide bonds. The Labute approximate surface area is 108 Å². The minimum absolute atomic E-state index is 0.167. The molecule has 4 nitrogen and oxygen atoms in total. The van der Waals surface area contributed by atoms with Crippen LogP contribution in [0.5, 0.6) is 5.75 Å². The number of carbonyl (C=O) groups is 2. The second kappa shape index (κ2) is 5.82. The van der Waals surface area contributed by atoms with Crippen molar-refractivity contribution < 1.29 is 19.1 Å². The Hall–Kier alpha value is -1.36. The molecule has 5 heteroatoms. The fourth-order valence-electron chi connectivity index (χ4n) is 1.31. The third kappa shape index (κ3) is 3.06. The summed E-state index contributed by atoms with van der Waals surface area (Å²) in [6.45, 7) is 3.68. The van der Waals surface area contributed by atoms with Crippen molar-refractivity contribution >= 4 is 27.7 Å². The number of benzene rings is 1. The summed E-state index contributed by atoms with van der Waals surface area (Å²) in [6, 6.07) is 3.25. The van der Waals surface area contributed by atoms with Crippen molar-refractivity contribution in [3.63, 3.8) is 0 Å². The number of hydrogen-bond donors (Lipinski definition) is 0. The normalized spacial score (nSPS) is 9.88. The van der Waals surface area contributed by atoms with Gasteiger partial charge in [-0.25, -0.2) is 4.79 Å². The van der Waals surface area contributed by atoms with Crippen molar-refractivity contribution in [2.24, 2.45) is 0 Å². The maximum atomic E-state index is 11.8. The zero-order chi connectivity index (χ0) is 13.0. The molecular formula is C12H13BrO4. The van der Waals surface area contributed by atoms with Gasteiger partial charge in [0.05, 0.1) is 19.3 Å². The Bertz CT molecular complexity index is 454. The molecule has 1 rings (SSSR count). The fourth-order valence-corrected chi connectivity index (χ4v) is 1.65. The molecule has 0 aliphatic heterocycles. The first kappa shape index (κ1) is 13.7. The number of rotatable bonds is 4. The molecule has 0 bridgehead atoms. The van der Waals surface area contributed by atoms with Gasteiger partial charge in [-0.3, -0.25) is 4.79 Å². The zero-order valence-corrected chi connectivity index (χ0v) is 11.5. The average molecular weight is 301 g/mol. The van der Waals surface area contributed by atoms with Crippen LogP contribution >= 0.6 is 15.9 Å². The number of ether oxygens (including phenoxy) is 2. The molecule has 0 aliphatic rings. The van der Waals surface area contributed by atoms with E-state index >= 15 is 0 Å². The van der Waals surface area contributed by atoms with Crippen molar-refractivity contribution in [1.82, 2.24) is 0 Å². The monoisotopic (exact) mass is 300 g/mol. The summed E-state index contributed by atoms with van der Waals surface area (Å²) in [6.07, 6.45) is 0. The average Bonchev–Trinajstić information content (AvgIpc) is 2.31. The summed E-state index contributed by atoms with van der Waals surface area (Å²) < 4.78 is 10.5. The van der Waals surface area contributed by atoms with E-state index in [1.165, 1.54) is 7.11 Å². The van der Waals surface area contributed by atoms with Crippen molar-refractivity contribution in [3.05, 3.63) is 27.7 Å². The van der Waals surface area contributed by atoms with Crippen LogP contribution in [-0.4, -0.2) is 25.5 Å². The highest BCUT2D eigenvalue weighted by Gasteiger charge is 2.22. The molecule has 1 aromatic carbocycles. The maximum absolute atomic E-state index is 11.8. The molecule has 1 aromatic rings. The maximum Gasteiger partial charge on any atom is 0.379 e. The van der Waals surface area contributed by atoms with E-state index in [0.717, 1.165) is 10.0 Å². The molecule has 0 saturated heterocycles. The second-order valence-corrected chi connectivity index (χ2v) is 4.21. The Balaban J connectivity index is 3.16. The van der Waals surface area contributed by atoms with Gasteiger partial charge in [0.25, 0.3) is 5.78 Å². The van der Waals surface area contributed by atoms with Crippen molar-refractivity contribution in [1.29, 1.82) is 0 Å². The van der Waals surface area contributed by atoms with Crippen LogP contribution in [0.4, 0.5) is 0 Å². The minimum atomic E-state index is -0.874. The number of Topliss-reactive ketones (excluding diaryl/α,β-unsaturated/α-hetero) is 1. The summed E-state index contributed by atoms with van der Waals surface area (Å²) in [4.78, 5) is 23.2. The lowest BCUT2D eigenvalue weighted by atomic mass is 10.1. The van der Waals surface area contributed by atoms with E-state index in [1.807, 2.05) is 6.92 Å². The van der Waals surface area contributed by atoms with Gasteiger partial charge in [0, 0.05) is 4.47 Å². The highest BCUT2D eigenvalue weighted by Crippen LogP contribution is 2.27. The predicted molar refractivity (Wildman–Crippen MR) is 66.4 cm³/mol. The third-order valence-corrected chi connectivity index (χ3v) is 3.04. The van der Waals surface area contributed by atoms with Gasteiger partial charge in [-0.05, 0) is 31.5 Å². The number of carbonyl (C=O) groups excluding carboxylic acids is 2. The van der Waals surface area contributed by atoms with Crippen molar-refractivity contribution in [2.75, 3.05) is 13.7 Å². The lowest BCUT2D eigenvalue weighted by molar-refractivity contribution is -0.137. The molecular weight excluding hydrogens is 288 g/mol. The summed E-state index contributed by atoms with van der Waals surface area (Å²) >= 11 is 3.31. The lowest BCUT2D eigenvalue weighted by Gasteiger charge is -2.09. The van der Waals surface area contributed by atoms with Gasteiger partial charge in [0.2, 0.25) is 0 Å². The van der Waals surface area contributed by atoms with E-state index < -0.39 is 11.8 Å². The van der Waals surface area contributed by atoms with Crippen LogP contribution in [0, 0.1) is 6.92 Å². The Kier molecular flexibility index (Phi) is 4.69. The molecule has 0 fully saturated rings. The summed E-state index contributed by atoms with van der Waals surface area (Å²) in [7, 11) is 1.45. The Morgan fingerprint density at radius 3 is 2.53 bits per heavy atom. The molecule has 0 radical (unpaired) electrons. The van der Waals surface area contributed by atoms with E-state index in [2.05, 4.69) is 20.7 Å². The quantitative estimate of drug-likeness (QED) is 0.487. The fraction of sp³-hybridized carbons (Fsp3) is 0.333. The second-order valence-electron chi connectivity index (χ2n) is 3.35. The Morgan fingerprint density at radius 2 is 2.00 bits per heavy atom. The molecule has 0 N–H and O–H groups in total. The molecule has 17 heavy (non-hydrogen) atoms. The van der Waals surface area contributed by atoms with Gasteiger partial charge in [-0.2, -0.15) is 0 Å². The van der Waals surface area contributed by atoms with E-state index in [9.17, 15) is 9.59 Å². The number of aryl methyl sites for hydroxylation is 1. The SMILES string of the molecule is CCOC(=O)C(=O)c1cc(Br)c(C)cc1OC. The number of hydrogen-bond acceptors (Lipinski definition) is 4. The van der Waals surface area contributed by atoms with Crippen LogP contribution in [0.15, 0.2) is 16.6 Å². The van der Waals surface area contributed by atoms with Gasteiger partial charge < -0.3 is 9.47 Å². The summed E-state index contributed by atoms with van der Waals surface area (Å²) in [5.41, 5.74) is 1.12. The van der Waals surface area contributed by atoms with Crippen LogP contribution in [0.1, 0.15) is 22.8 Å². The molecule has 0 saturated carbocycles. The largest absolute Gasteiger partial charge is 0.496 e. The highest BCUT2D eigenvalue weighted by molar-refractivity contribution is 9.10. The van der Waals surface area contributed by atoms with Crippen LogP contribution in [0.2, 0.25) is 0 Å². The molecule has 0 atom stereocenters. The predicted octanol–water partition coefficient (Wildman–Crippen LogP) is 2.51. The van der Waals surface area contributed by atoms with E-state index in [4.69, 9.17) is 4.74 Å². The molecule has 0 spiro atoms. The van der Waals surface area contributed by atoms with E-state index in [-0.39, 0.29) is 12.2 Å². The van der Waals surface area contributed by atoms with Gasteiger partial charge in [-0.15, -0.1) is 0 Å². The van der Waals surface area contributed by atoms with Gasteiger partial charge in [0.1, 0.15) is 5.75 Å². The summed E-state index contributed by atoms with van der Waals surface area (Å²) in [5.74, 6) is -1.21. The first-order valence-corrected chi connectivity index (χ1v) is 5.86. The molecule has 0 heterocycles. The zero-order valence-electron chi connectivity index (χ0n) is 9.87. The first-order valence-electron chi connectivity index (χ1n) is 5.06. The minimum Gasteiger partial charge on any atom is -0.496 e. The standard InChI is InChI=1S/C12H13BrO4/c1-4-17-12(15)11(14)8-6-9(13)7(2)5-10(8)16-3/h5-6H,4H2,1-3H3. The Morgan fingerprint density at radius 1 is 1.35 bits per heavy atom. The van der Waals surface area contributed by atoms with Gasteiger partial charge >= 0.3 is 5.97 Å². The lowest BCUT2D eigenvalue weighted by Crippen LogP contribution is -2.18. The van der Waals surface area contributed by atoms with Gasteiger partial charge in [0.15, 0.2) is 0 Å². The van der Waals surface area contributed by atoms with Crippen LogP contribution in [-0.2, 0) is 9.53 Å². The van der Waals surface area contributed by atoms with Gasteiger partial charge in [-0.1, -0.05) is 15.9 Å². The number of methoxy groups -OCH3 is 1. The molecule has 0 unspecified atom stereocenters. The van der Waals surface area contributed by atoms with Crippen molar-refractivity contribution in [3.8, 4) is 5.75 Å². The molecule has 92 valence electrons. The van der Waals surface area contributed by atoms with E-state index in [0.29, 0.717) is 5.75 Å². The number of ketones is 1. The third-order valence-electron chi connectivity index (χ3n) is 2.19. The van der Waals surface area contributed by atoms with Crippen LogP contribution in [0.25, 0.3) is 0 Å². The number of halogens is 1. The number of esters is 1. The van der Waals surface area contributed by atoms with E-state index in [1.54, 1.807) is 19.1 Å². The van der Waals surface area contributed by atoms with Crippen LogP contribution in [0.3, 0.4) is 0 Å². The van der Waals surface area contributed by atoms with Crippen LogP contribution < -0.4 is 4.74 Å². The molecule has 0 aromatic heterocycles. The topological polar surface area (TPSA) is 52.6 Å². The highest BCUT2D eigenvalue weighted by atomic mass is 79.9. The van der Waals surface area contributed by atoms with Crippen molar-refractivity contribution in [2.45, 2.75) is 13.8 Å². The summed E-state index contributed by atoms with van der Waals surface area (Å²) in [5, 5.41) is 0. The molecule has 0 aliphatic carbocycles.